The van der Waals surface area contributed by atoms with Crippen LogP contribution in [0, 0.1) is 0 Å². The highest BCUT2D eigenvalue weighted by Gasteiger charge is 2.44. The van der Waals surface area contributed by atoms with Crippen molar-refractivity contribution in [2.45, 2.75) is 30.5 Å². The number of halogens is 9. The minimum absolute atomic E-state index is 0.115. The van der Waals surface area contributed by atoms with E-state index in [4.69, 9.17) is 44.3 Å². The van der Waals surface area contributed by atoms with Crippen LogP contribution in [0.15, 0.2) is 40.3 Å². The molecule has 0 N–H and O–H groups in total. The average Bonchev–Trinajstić information content (AvgIpc) is 3.37. The Kier molecular flexibility index (Phi) is 6.22. The first kappa shape index (κ1) is 24.0. The van der Waals surface area contributed by atoms with Gasteiger partial charge in [-0.15, -0.1) is 0 Å². The fraction of sp³-hybridized carbons (Fsp3) is 0.300. The zero-order valence-electron chi connectivity index (χ0n) is 15.9. The van der Waals surface area contributed by atoms with Gasteiger partial charge in [-0.1, -0.05) is 40.9 Å². The predicted molar refractivity (Wildman–Crippen MR) is 109 cm³/mol. The first-order valence-corrected chi connectivity index (χ1v) is 10.2. The number of aliphatic imine (C=N–C) groups is 2. The highest BCUT2D eigenvalue weighted by Crippen LogP contribution is 2.44. The van der Waals surface area contributed by atoms with Gasteiger partial charge in [0.2, 0.25) is 12.0 Å². The summed E-state index contributed by atoms with van der Waals surface area (Å²) in [6, 6.07) is 2.46. The van der Waals surface area contributed by atoms with Crippen LogP contribution >= 0.6 is 34.8 Å². The van der Waals surface area contributed by atoms with E-state index < -0.39 is 41.7 Å². The lowest BCUT2D eigenvalue weighted by Crippen LogP contribution is -2.28. The molecule has 0 fully saturated rings. The second-order valence-corrected chi connectivity index (χ2v) is 8.33. The van der Waals surface area contributed by atoms with E-state index in [1.54, 1.807) is 0 Å². The Bertz CT molecular complexity index is 1150. The molecule has 3 atom stereocenters. The SMILES string of the molecule is FC(F)(F)c1cc(Cl)ccc1C1COC(C2O[C]=NC2c2cc(Cl)c(Cl)cc2C(F)(F)F)=N1. The number of hydrogen-bond acceptors (Lipinski definition) is 4. The number of nitrogens with zero attached hydrogens (tertiary/aromatic N) is 2. The van der Waals surface area contributed by atoms with Crippen LogP contribution in [0.1, 0.15) is 34.3 Å². The quantitative estimate of drug-likeness (QED) is 0.394. The third-order valence-electron chi connectivity index (χ3n) is 4.97. The average molecular weight is 531 g/mol. The van der Waals surface area contributed by atoms with Crippen molar-refractivity contribution < 1.29 is 35.8 Å². The van der Waals surface area contributed by atoms with Gasteiger partial charge < -0.3 is 9.47 Å². The first-order valence-electron chi connectivity index (χ1n) is 9.10. The van der Waals surface area contributed by atoms with Crippen molar-refractivity contribution in [3.8, 4) is 0 Å². The first-order chi connectivity index (χ1) is 15.4. The van der Waals surface area contributed by atoms with Crippen LogP contribution in [0.4, 0.5) is 26.3 Å². The third kappa shape index (κ3) is 4.74. The number of alkyl halides is 6. The molecular formula is C20H10Cl3F6N2O2. The van der Waals surface area contributed by atoms with E-state index in [0.29, 0.717) is 6.07 Å². The summed E-state index contributed by atoms with van der Waals surface area (Å²) >= 11 is 17.4. The fourth-order valence-corrected chi connectivity index (χ4v) is 4.03. The summed E-state index contributed by atoms with van der Waals surface area (Å²) < 4.78 is 91.8. The molecule has 4 nitrogen and oxygen atoms in total. The molecule has 0 aliphatic carbocycles. The van der Waals surface area contributed by atoms with Crippen LogP contribution in [-0.4, -0.2) is 25.0 Å². The number of rotatable bonds is 3. The van der Waals surface area contributed by atoms with Crippen LogP contribution in [-0.2, 0) is 21.8 Å². The van der Waals surface area contributed by atoms with E-state index in [1.807, 2.05) is 0 Å². The summed E-state index contributed by atoms with van der Waals surface area (Å²) in [5.74, 6) is -0.221. The molecule has 2 heterocycles. The largest absolute Gasteiger partial charge is 0.476 e. The Balaban J connectivity index is 1.70. The van der Waals surface area contributed by atoms with E-state index in [1.165, 1.54) is 12.1 Å². The molecule has 1 radical (unpaired) electrons. The number of ether oxygens (including phenoxy) is 2. The second kappa shape index (κ2) is 8.56. The van der Waals surface area contributed by atoms with E-state index in [2.05, 4.69) is 16.4 Å². The van der Waals surface area contributed by atoms with Crippen LogP contribution < -0.4 is 0 Å². The van der Waals surface area contributed by atoms with Crippen molar-refractivity contribution in [1.82, 2.24) is 0 Å². The van der Waals surface area contributed by atoms with Crippen LogP contribution in [0.2, 0.25) is 15.1 Å². The van der Waals surface area contributed by atoms with Crippen LogP contribution in [0.3, 0.4) is 0 Å². The summed E-state index contributed by atoms with van der Waals surface area (Å²) in [6.45, 7) is -0.292. The zero-order chi connectivity index (χ0) is 24.1. The monoisotopic (exact) mass is 529 g/mol. The van der Waals surface area contributed by atoms with Crippen molar-refractivity contribution in [3.63, 3.8) is 0 Å². The van der Waals surface area contributed by atoms with Gasteiger partial charge >= 0.3 is 12.4 Å². The molecule has 175 valence electrons. The summed E-state index contributed by atoms with van der Waals surface area (Å²) in [6.07, 6.45) is -8.66. The van der Waals surface area contributed by atoms with Crippen LogP contribution in [0.25, 0.3) is 0 Å². The van der Waals surface area contributed by atoms with Gasteiger partial charge in [0.05, 0.1) is 21.2 Å². The van der Waals surface area contributed by atoms with Gasteiger partial charge in [0.15, 0.2) is 0 Å². The Morgan fingerprint density at radius 2 is 1.52 bits per heavy atom. The van der Waals surface area contributed by atoms with E-state index in [0.717, 1.165) is 12.1 Å². The molecule has 33 heavy (non-hydrogen) atoms. The molecule has 0 bridgehead atoms. The molecule has 0 aromatic heterocycles. The zero-order valence-corrected chi connectivity index (χ0v) is 18.2. The molecule has 0 saturated heterocycles. The van der Waals surface area contributed by atoms with Crippen molar-refractivity contribution in [2.75, 3.05) is 6.61 Å². The molecular weight excluding hydrogens is 521 g/mol. The maximum absolute atomic E-state index is 13.6. The van der Waals surface area contributed by atoms with Crippen molar-refractivity contribution in [2.24, 2.45) is 9.98 Å². The lowest BCUT2D eigenvalue weighted by molar-refractivity contribution is -0.139. The van der Waals surface area contributed by atoms with Crippen molar-refractivity contribution in [1.29, 1.82) is 0 Å². The Labute approximate surface area is 197 Å². The molecule has 2 aliphatic heterocycles. The molecule has 2 aromatic rings. The highest BCUT2D eigenvalue weighted by atomic mass is 35.5. The number of benzene rings is 2. The minimum atomic E-state index is -4.79. The summed E-state index contributed by atoms with van der Waals surface area (Å²) in [5, 5.41) is -0.576. The summed E-state index contributed by atoms with van der Waals surface area (Å²) in [5.41, 5.74) is -2.67. The topological polar surface area (TPSA) is 43.2 Å². The van der Waals surface area contributed by atoms with Crippen molar-refractivity contribution in [3.05, 3.63) is 67.7 Å². The normalized spacial score (nSPS) is 22.8. The molecule has 3 unspecified atom stereocenters. The predicted octanol–water partition coefficient (Wildman–Crippen LogP) is 7.20. The summed E-state index contributed by atoms with van der Waals surface area (Å²) in [4.78, 5) is 7.95. The van der Waals surface area contributed by atoms with Gasteiger partial charge in [-0.3, -0.25) is 0 Å². The maximum Gasteiger partial charge on any atom is 0.416 e. The van der Waals surface area contributed by atoms with Gasteiger partial charge in [-0.25, -0.2) is 9.98 Å². The van der Waals surface area contributed by atoms with Crippen molar-refractivity contribution >= 4 is 47.1 Å². The van der Waals surface area contributed by atoms with E-state index >= 15 is 0 Å². The van der Waals surface area contributed by atoms with Gasteiger partial charge in [0, 0.05) is 5.02 Å². The smallest absolute Gasteiger partial charge is 0.416 e. The minimum Gasteiger partial charge on any atom is -0.476 e. The van der Waals surface area contributed by atoms with E-state index in [9.17, 15) is 26.3 Å². The van der Waals surface area contributed by atoms with Gasteiger partial charge in [-0.05, 0) is 35.4 Å². The third-order valence-corrected chi connectivity index (χ3v) is 5.93. The van der Waals surface area contributed by atoms with E-state index in [-0.39, 0.29) is 38.7 Å². The lowest BCUT2D eigenvalue weighted by atomic mass is 9.96. The summed E-state index contributed by atoms with van der Waals surface area (Å²) in [7, 11) is 0. The van der Waals surface area contributed by atoms with Gasteiger partial charge in [0.1, 0.15) is 18.7 Å². The van der Waals surface area contributed by atoms with Gasteiger partial charge in [-0.2, -0.15) is 26.3 Å². The second-order valence-electron chi connectivity index (χ2n) is 7.08. The standard InChI is InChI=1S/C20H10Cl3F6N2O2/c21-8-1-2-9(11(3-8)19(24,25)26)15-6-32-18(31-15)17-16(30-7-33-17)10-4-13(22)14(23)5-12(10)20(27,28)29/h1-5,15-17H,6H2. The molecule has 13 heteroatoms. The highest BCUT2D eigenvalue weighted by molar-refractivity contribution is 6.42. The molecule has 0 amide bonds. The molecule has 4 rings (SSSR count). The van der Waals surface area contributed by atoms with Crippen LogP contribution in [0.5, 0.6) is 0 Å². The Hall–Kier alpha value is -2.17. The molecule has 2 aromatic carbocycles. The molecule has 2 aliphatic rings. The molecule has 0 spiro atoms. The van der Waals surface area contributed by atoms with Gasteiger partial charge in [0.25, 0.3) is 6.40 Å². The lowest BCUT2D eigenvalue weighted by Gasteiger charge is -2.21. The molecule has 0 saturated carbocycles. The Morgan fingerprint density at radius 1 is 0.879 bits per heavy atom. The maximum atomic E-state index is 13.6. The fourth-order valence-electron chi connectivity index (χ4n) is 3.52. The number of hydrogen-bond donors (Lipinski definition) is 0. The Morgan fingerprint density at radius 3 is 2.18 bits per heavy atom.